The monoisotopic (exact) mass is 321 g/mol. The third-order valence-electron chi connectivity index (χ3n) is 4.66. The first-order chi connectivity index (χ1) is 11.2. The number of benzene rings is 1. The van der Waals surface area contributed by atoms with Gasteiger partial charge in [0.15, 0.2) is 6.29 Å². The number of aliphatic hydroxyl groups is 1. The van der Waals surface area contributed by atoms with Gasteiger partial charge in [-0.1, -0.05) is 18.2 Å². The van der Waals surface area contributed by atoms with E-state index >= 15 is 0 Å². The lowest BCUT2D eigenvalue weighted by atomic mass is 9.96. The number of aryl methyl sites for hydroxylation is 1. The molecule has 5 nitrogen and oxygen atoms in total. The number of ether oxygens (including phenoxy) is 3. The summed E-state index contributed by atoms with van der Waals surface area (Å²) in [5, 5.41) is 10.2. The van der Waals surface area contributed by atoms with Crippen LogP contribution in [0.3, 0.4) is 0 Å². The van der Waals surface area contributed by atoms with Crippen molar-refractivity contribution in [2.24, 2.45) is 5.92 Å². The summed E-state index contributed by atoms with van der Waals surface area (Å²) < 4.78 is 16.9. The number of likely N-dealkylation sites (tertiary alicyclic amines) is 1. The number of rotatable bonds is 6. The second-order valence-electron chi connectivity index (χ2n) is 6.48. The fourth-order valence-electron chi connectivity index (χ4n) is 3.31. The van der Waals surface area contributed by atoms with Crippen LogP contribution in [0.5, 0.6) is 5.75 Å². The molecule has 128 valence electrons. The van der Waals surface area contributed by atoms with Gasteiger partial charge in [0, 0.05) is 12.5 Å². The predicted molar refractivity (Wildman–Crippen MR) is 87.5 cm³/mol. The van der Waals surface area contributed by atoms with Crippen molar-refractivity contribution in [3.05, 3.63) is 29.8 Å². The third kappa shape index (κ3) is 4.67. The van der Waals surface area contributed by atoms with Crippen LogP contribution in [-0.4, -0.2) is 61.9 Å². The molecule has 1 aromatic carbocycles. The zero-order chi connectivity index (χ0) is 16.1. The van der Waals surface area contributed by atoms with Crippen molar-refractivity contribution in [1.82, 2.24) is 4.90 Å². The minimum Gasteiger partial charge on any atom is -0.491 e. The SMILES string of the molecule is Cc1ccccc1OCC(O)CN1CCC(C2OCCO2)CC1. The van der Waals surface area contributed by atoms with E-state index in [1.807, 2.05) is 31.2 Å². The van der Waals surface area contributed by atoms with Gasteiger partial charge in [0.2, 0.25) is 0 Å². The van der Waals surface area contributed by atoms with Crippen LogP contribution in [0.15, 0.2) is 24.3 Å². The summed E-state index contributed by atoms with van der Waals surface area (Å²) in [6, 6.07) is 7.89. The summed E-state index contributed by atoms with van der Waals surface area (Å²) in [4.78, 5) is 2.30. The normalized spacial score (nSPS) is 22.3. The van der Waals surface area contributed by atoms with E-state index in [2.05, 4.69) is 4.90 Å². The van der Waals surface area contributed by atoms with Gasteiger partial charge in [-0.3, -0.25) is 0 Å². The first kappa shape index (κ1) is 16.7. The molecule has 0 radical (unpaired) electrons. The summed E-state index contributed by atoms with van der Waals surface area (Å²) in [6.45, 7) is 6.41. The Labute approximate surface area is 138 Å². The molecule has 23 heavy (non-hydrogen) atoms. The van der Waals surface area contributed by atoms with Crippen molar-refractivity contribution in [2.75, 3.05) is 39.5 Å². The van der Waals surface area contributed by atoms with Crippen molar-refractivity contribution < 1.29 is 19.3 Å². The zero-order valence-electron chi connectivity index (χ0n) is 13.8. The molecule has 2 aliphatic heterocycles. The molecule has 1 atom stereocenters. The van der Waals surface area contributed by atoms with E-state index in [0.717, 1.165) is 50.5 Å². The second-order valence-corrected chi connectivity index (χ2v) is 6.48. The summed E-state index contributed by atoms with van der Waals surface area (Å²) in [5.74, 6) is 1.34. The number of β-amino-alcohol motifs (C(OH)–C–C–N with tert-alkyl or cyclic N) is 1. The van der Waals surface area contributed by atoms with Crippen LogP contribution in [-0.2, 0) is 9.47 Å². The topological polar surface area (TPSA) is 51.2 Å². The molecule has 1 aromatic rings. The standard InChI is InChI=1S/C18H27NO4/c1-14-4-2-3-5-17(14)23-13-16(20)12-19-8-6-15(7-9-19)18-21-10-11-22-18/h2-5,15-16,18,20H,6-13H2,1H3. The fourth-order valence-corrected chi connectivity index (χ4v) is 3.31. The van der Waals surface area contributed by atoms with E-state index < -0.39 is 6.10 Å². The molecule has 2 saturated heterocycles. The average Bonchev–Trinajstić information content (AvgIpc) is 3.09. The first-order valence-electron chi connectivity index (χ1n) is 8.54. The lowest BCUT2D eigenvalue weighted by Gasteiger charge is -2.34. The molecule has 0 saturated carbocycles. The van der Waals surface area contributed by atoms with Gasteiger partial charge in [0.1, 0.15) is 18.5 Å². The fraction of sp³-hybridized carbons (Fsp3) is 0.667. The highest BCUT2D eigenvalue weighted by atomic mass is 16.7. The molecule has 1 N–H and O–H groups in total. The molecule has 2 heterocycles. The van der Waals surface area contributed by atoms with Gasteiger partial charge in [-0.15, -0.1) is 0 Å². The molecule has 5 heteroatoms. The quantitative estimate of drug-likeness (QED) is 0.866. The molecule has 0 aliphatic carbocycles. The molecule has 3 rings (SSSR count). The number of para-hydroxylation sites is 1. The van der Waals surface area contributed by atoms with Gasteiger partial charge in [0.05, 0.1) is 13.2 Å². The molecule has 1 unspecified atom stereocenters. The van der Waals surface area contributed by atoms with Crippen LogP contribution in [0.2, 0.25) is 0 Å². The molecular weight excluding hydrogens is 294 g/mol. The molecule has 0 amide bonds. The van der Waals surface area contributed by atoms with Crippen molar-refractivity contribution in [1.29, 1.82) is 0 Å². The smallest absolute Gasteiger partial charge is 0.160 e. The van der Waals surface area contributed by atoms with Gasteiger partial charge in [0.25, 0.3) is 0 Å². The Morgan fingerprint density at radius 3 is 2.61 bits per heavy atom. The van der Waals surface area contributed by atoms with Gasteiger partial charge < -0.3 is 24.2 Å². The summed E-state index contributed by atoms with van der Waals surface area (Å²) in [5.41, 5.74) is 1.09. The minimum atomic E-state index is -0.467. The number of hydrogen-bond acceptors (Lipinski definition) is 5. The lowest BCUT2D eigenvalue weighted by Crippen LogP contribution is -2.42. The Hall–Kier alpha value is -1.14. The zero-order valence-corrected chi connectivity index (χ0v) is 13.8. The highest BCUT2D eigenvalue weighted by Gasteiger charge is 2.30. The van der Waals surface area contributed by atoms with Crippen molar-refractivity contribution in [3.8, 4) is 5.75 Å². The number of piperidine rings is 1. The van der Waals surface area contributed by atoms with E-state index in [1.165, 1.54) is 0 Å². The van der Waals surface area contributed by atoms with Gasteiger partial charge in [-0.2, -0.15) is 0 Å². The van der Waals surface area contributed by atoms with Crippen LogP contribution >= 0.6 is 0 Å². The van der Waals surface area contributed by atoms with Gasteiger partial charge in [-0.05, 0) is 44.5 Å². The summed E-state index contributed by atoms with van der Waals surface area (Å²) in [7, 11) is 0. The van der Waals surface area contributed by atoms with Crippen molar-refractivity contribution in [2.45, 2.75) is 32.2 Å². The Kier molecular flexibility index (Phi) is 5.89. The molecular formula is C18H27NO4. The minimum absolute atomic E-state index is 0.00790. The number of hydrogen-bond donors (Lipinski definition) is 1. The second kappa shape index (κ2) is 8.11. The highest BCUT2D eigenvalue weighted by Crippen LogP contribution is 2.25. The van der Waals surface area contributed by atoms with E-state index in [1.54, 1.807) is 0 Å². The van der Waals surface area contributed by atoms with Crippen LogP contribution in [0.4, 0.5) is 0 Å². The maximum Gasteiger partial charge on any atom is 0.160 e. The molecule has 0 aromatic heterocycles. The average molecular weight is 321 g/mol. The first-order valence-corrected chi connectivity index (χ1v) is 8.54. The Balaban J connectivity index is 1.37. The highest BCUT2D eigenvalue weighted by molar-refractivity contribution is 5.31. The third-order valence-corrected chi connectivity index (χ3v) is 4.66. The number of nitrogens with zero attached hydrogens (tertiary/aromatic N) is 1. The van der Waals surface area contributed by atoms with Crippen LogP contribution in [0.1, 0.15) is 18.4 Å². The van der Waals surface area contributed by atoms with Crippen LogP contribution in [0.25, 0.3) is 0 Å². The van der Waals surface area contributed by atoms with Crippen molar-refractivity contribution >= 4 is 0 Å². The molecule has 2 fully saturated rings. The Bertz CT molecular complexity index is 482. The van der Waals surface area contributed by atoms with Crippen LogP contribution in [0, 0.1) is 12.8 Å². The van der Waals surface area contributed by atoms with Crippen molar-refractivity contribution in [3.63, 3.8) is 0 Å². The van der Waals surface area contributed by atoms with E-state index in [-0.39, 0.29) is 6.29 Å². The van der Waals surface area contributed by atoms with Crippen LogP contribution < -0.4 is 4.74 Å². The van der Waals surface area contributed by atoms with Gasteiger partial charge in [-0.25, -0.2) is 0 Å². The molecule has 0 spiro atoms. The number of aliphatic hydroxyl groups excluding tert-OH is 1. The molecule has 2 aliphatic rings. The molecule has 0 bridgehead atoms. The summed E-state index contributed by atoms with van der Waals surface area (Å²) >= 11 is 0. The predicted octanol–water partition coefficient (Wildman–Crippen LogP) is 1.82. The van der Waals surface area contributed by atoms with E-state index in [9.17, 15) is 5.11 Å². The maximum atomic E-state index is 10.2. The largest absolute Gasteiger partial charge is 0.491 e. The lowest BCUT2D eigenvalue weighted by molar-refractivity contribution is -0.0989. The Morgan fingerprint density at radius 1 is 1.22 bits per heavy atom. The van der Waals surface area contributed by atoms with Gasteiger partial charge >= 0.3 is 0 Å². The Morgan fingerprint density at radius 2 is 1.91 bits per heavy atom. The maximum absolute atomic E-state index is 10.2. The van der Waals surface area contributed by atoms with E-state index in [4.69, 9.17) is 14.2 Å². The summed E-state index contributed by atoms with van der Waals surface area (Å²) in [6.07, 6.45) is 1.66. The van der Waals surface area contributed by atoms with E-state index in [0.29, 0.717) is 19.1 Å².